The quantitative estimate of drug-likeness (QED) is 0.786. The number of nitrogens with zero attached hydrogens (tertiary/aromatic N) is 1. The minimum atomic E-state index is -3.85. The van der Waals surface area contributed by atoms with E-state index in [0.29, 0.717) is 4.88 Å². The van der Waals surface area contributed by atoms with Crippen LogP contribution in [0.5, 0.6) is 0 Å². The van der Waals surface area contributed by atoms with Crippen LogP contribution in [-0.4, -0.2) is 30.7 Å². The van der Waals surface area contributed by atoms with Gasteiger partial charge < -0.3 is 5.11 Å². The second-order valence-corrected chi connectivity index (χ2v) is 9.17. The first-order chi connectivity index (χ1) is 11.0. The summed E-state index contributed by atoms with van der Waals surface area (Å²) >= 11 is 6.44. The fourth-order valence-corrected chi connectivity index (χ4v) is 5.51. The van der Waals surface area contributed by atoms with Crippen LogP contribution in [0.3, 0.4) is 0 Å². The summed E-state index contributed by atoms with van der Waals surface area (Å²) in [7, 11) is -3.85. The Morgan fingerprint density at radius 3 is 2.67 bits per heavy atom. The van der Waals surface area contributed by atoms with Crippen LogP contribution in [0.15, 0.2) is 16.3 Å². The standard InChI is InChI=1S/C14H11ClF3NO3S2/c1-24(21,22)13-10-7(2-3-14(17,18)12(10)20)11(23-13)6-4-8(15)19-9(16)5-6/h4-5,12,20H,2-3H2,1H3/t12-/m0/s1. The van der Waals surface area contributed by atoms with Crippen LogP contribution >= 0.6 is 22.9 Å². The van der Waals surface area contributed by atoms with Gasteiger partial charge in [-0.3, -0.25) is 0 Å². The zero-order valence-electron chi connectivity index (χ0n) is 12.2. The third-order valence-electron chi connectivity index (χ3n) is 3.76. The molecule has 2 aromatic rings. The molecule has 0 aromatic carbocycles. The van der Waals surface area contributed by atoms with Gasteiger partial charge >= 0.3 is 0 Å². The van der Waals surface area contributed by atoms with Gasteiger partial charge in [0, 0.05) is 29.2 Å². The lowest BCUT2D eigenvalue weighted by Gasteiger charge is -2.29. The Morgan fingerprint density at radius 1 is 1.42 bits per heavy atom. The number of hydrogen-bond acceptors (Lipinski definition) is 5. The van der Waals surface area contributed by atoms with Crippen LogP contribution in [0.25, 0.3) is 10.4 Å². The van der Waals surface area contributed by atoms with E-state index in [2.05, 4.69) is 4.98 Å². The largest absolute Gasteiger partial charge is 0.382 e. The summed E-state index contributed by atoms with van der Waals surface area (Å²) in [5, 5.41) is 9.84. The number of aliphatic hydroxyl groups excluding tert-OH is 1. The molecule has 0 saturated carbocycles. The van der Waals surface area contributed by atoms with Crippen LogP contribution in [0.1, 0.15) is 23.7 Å². The predicted octanol–water partition coefficient (Wildman–Crippen LogP) is 3.62. The number of rotatable bonds is 2. The fourth-order valence-electron chi connectivity index (χ4n) is 2.72. The number of sulfone groups is 1. The molecule has 130 valence electrons. The van der Waals surface area contributed by atoms with Gasteiger partial charge in [-0.15, -0.1) is 11.3 Å². The van der Waals surface area contributed by atoms with Gasteiger partial charge in [0.05, 0.1) is 0 Å². The second kappa shape index (κ2) is 5.69. The van der Waals surface area contributed by atoms with Crippen LogP contribution in [0, 0.1) is 5.95 Å². The van der Waals surface area contributed by atoms with E-state index in [1.807, 2.05) is 0 Å². The molecule has 0 fully saturated rings. The molecule has 0 saturated heterocycles. The van der Waals surface area contributed by atoms with Crippen molar-refractivity contribution in [1.29, 1.82) is 0 Å². The highest BCUT2D eigenvalue weighted by atomic mass is 35.5. The molecular weight excluding hydrogens is 387 g/mol. The van der Waals surface area contributed by atoms with Crippen molar-refractivity contribution in [2.24, 2.45) is 0 Å². The smallest absolute Gasteiger partial charge is 0.277 e. The van der Waals surface area contributed by atoms with Crippen molar-refractivity contribution in [2.45, 2.75) is 29.1 Å². The van der Waals surface area contributed by atoms with E-state index in [1.165, 1.54) is 6.07 Å². The number of aromatic nitrogens is 1. The highest BCUT2D eigenvalue weighted by Crippen LogP contribution is 2.51. The monoisotopic (exact) mass is 397 g/mol. The number of alkyl halides is 2. The normalized spacial score (nSPS) is 20.0. The molecule has 0 radical (unpaired) electrons. The van der Waals surface area contributed by atoms with E-state index < -0.39 is 34.2 Å². The highest BCUT2D eigenvalue weighted by Gasteiger charge is 2.47. The first-order valence-corrected chi connectivity index (χ1v) is 9.84. The summed E-state index contributed by atoms with van der Waals surface area (Å²) in [6.07, 6.45) is -2.11. The molecule has 0 bridgehead atoms. The lowest BCUT2D eigenvalue weighted by molar-refractivity contribution is -0.122. The lowest BCUT2D eigenvalue weighted by atomic mass is 9.87. The molecule has 24 heavy (non-hydrogen) atoms. The van der Waals surface area contributed by atoms with Crippen molar-refractivity contribution in [3.05, 3.63) is 34.4 Å². The number of aliphatic hydroxyl groups is 1. The first-order valence-electron chi connectivity index (χ1n) is 6.75. The third-order valence-corrected chi connectivity index (χ3v) is 7.09. The van der Waals surface area contributed by atoms with Crippen molar-refractivity contribution >= 4 is 32.8 Å². The molecule has 2 aromatic heterocycles. The molecule has 1 atom stereocenters. The topological polar surface area (TPSA) is 67.3 Å². The van der Waals surface area contributed by atoms with E-state index in [1.54, 1.807) is 0 Å². The number of halogens is 4. The first kappa shape index (κ1) is 17.7. The SMILES string of the molecule is CS(=O)(=O)c1sc(-c2cc(F)nc(Cl)c2)c2c1[C@H](O)C(F)(F)CC2. The summed E-state index contributed by atoms with van der Waals surface area (Å²) in [5.74, 6) is -4.30. The van der Waals surface area contributed by atoms with E-state index in [0.717, 1.165) is 23.7 Å². The van der Waals surface area contributed by atoms with Gasteiger partial charge in [0.15, 0.2) is 9.84 Å². The van der Waals surface area contributed by atoms with Gasteiger partial charge in [-0.1, -0.05) is 11.6 Å². The fraction of sp³-hybridized carbons (Fsp3) is 0.357. The zero-order valence-corrected chi connectivity index (χ0v) is 14.6. The zero-order chi connectivity index (χ0) is 17.9. The number of pyridine rings is 1. The van der Waals surface area contributed by atoms with E-state index in [9.17, 15) is 26.7 Å². The highest BCUT2D eigenvalue weighted by molar-refractivity contribution is 7.92. The van der Waals surface area contributed by atoms with Crippen molar-refractivity contribution in [2.75, 3.05) is 6.26 Å². The Hall–Kier alpha value is -1.16. The van der Waals surface area contributed by atoms with Crippen LogP contribution in [0.4, 0.5) is 13.2 Å². The maximum Gasteiger partial charge on any atom is 0.277 e. The van der Waals surface area contributed by atoms with Crippen molar-refractivity contribution in [3.63, 3.8) is 0 Å². The van der Waals surface area contributed by atoms with Gasteiger partial charge in [-0.25, -0.2) is 22.2 Å². The summed E-state index contributed by atoms with van der Waals surface area (Å²) < 4.78 is 64.8. The Kier molecular flexibility index (Phi) is 4.18. The van der Waals surface area contributed by atoms with Crippen molar-refractivity contribution < 1.29 is 26.7 Å². The van der Waals surface area contributed by atoms with Crippen molar-refractivity contribution in [1.82, 2.24) is 4.98 Å². The molecule has 0 unspecified atom stereocenters. The number of hydrogen-bond donors (Lipinski definition) is 1. The van der Waals surface area contributed by atoms with Gasteiger partial charge in [-0.2, -0.15) is 4.39 Å². The minimum absolute atomic E-state index is 0.137. The molecule has 1 aliphatic carbocycles. The Labute approximate surface area is 144 Å². The Bertz CT molecular complexity index is 907. The molecular formula is C14H11ClF3NO3S2. The van der Waals surface area contributed by atoms with Crippen LogP contribution in [-0.2, 0) is 16.3 Å². The van der Waals surface area contributed by atoms with Crippen LogP contribution < -0.4 is 0 Å². The van der Waals surface area contributed by atoms with Crippen molar-refractivity contribution in [3.8, 4) is 10.4 Å². The maximum absolute atomic E-state index is 13.9. The third kappa shape index (κ3) is 2.94. The summed E-state index contributed by atoms with van der Waals surface area (Å²) in [5.41, 5.74) is 0.212. The van der Waals surface area contributed by atoms with Gasteiger partial charge in [0.2, 0.25) is 5.95 Å². The Balaban J connectivity index is 2.31. The molecule has 0 aliphatic heterocycles. The van der Waals surface area contributed by atoms with E-state index in [4.69, 9.17) is 11.6 Å². The van der Waals surface area contributed by atoms with Gasteiger partial charge in [-0.05, 0) is 23.6 Å². The average Bonchev–Trinajstić information content (AvgIpc) is 2.82. The second-order valence-electron chi connectivity index (χ2n) is 5.55. The van der Waals surface area contributed by atoms with E-state index >= 15 is 0 Å². The molecule has 3 rings (SSSR count). The molecule has 1 N–H and O–H groups in total. The summed E-state index contributed by atoms with van der Waals surface area (Å²) in [6.45, 7) is 0. The predicted molar refractivity (Wildman–Crippen MR) is 83.9 cm³/mol. The molecule has 10 heteroatoms. The Morgan fingerprint density at radius 2 is 2.08 bits per heavy atom. The van der Waals surface area contributed by atoms with Gasteiger partial charge in [0.25, 0.3) is 5.92 Å². The molecule has 4 nitrogen and oxygen atoms in total. The summed E-state index contributed by atoms with van der Waals surface area (Å²) in [6, 6.07) is 2.37. The lowest BCUT2D eigenvalue weighted by Crippen LogP contribution is -2.32. The van der Waals surface area contributed by atoms with E-state index in [-0.39, 0.29) is 32.5 Å². The molecule has 1 aliphatic rings. The number of fused-ring (bicyclic) bond motifs is 1. The molecule has 0 amide bonds. The minimum Gasteiger partial charge on any atom is -0.382 e. The summed E-state index contributed by atoms with van der Waals surface area (Å²) in [4.78, 5) is 3.68. The maximum atomic E-state index is 13.9. The molecule has 0 spiro atoms. The van der Waals surface area contributed by atoms with Crippen LogP contribution in [0.2, 0.25) is 5.15 Å². The average molecular weight is 398 g/mol. The van der Waals surface area contributed by atoms with Gasteiger partial charge in [0.1, 0.15) is 15.5 Å². The molecule has 2 heterocycles. The number of thiophene rings is 1.